The van der Waals surface area contributed by atoms with E-state index in [4.69, 9.17) is 21.1 Å². The van der Waals surface area contributed by atoms with E-state index in [0.717, 1.165) is 40.3 Å². The third kappa shape index (κ3) is 2.36. The maximum atomic E-state index is 6.24. The fourth-order valence-electron chi connectivity index (χ4n) is 1.53. The summed E-state index contributed by atoms with van der Waals surface area (Å²) in [6.45, 7) is 3.44. The minimum absolute atomic E-state index is 0.307. The van der Waals surface area contributed by atoms with Crippen molar-refractivity contribution in [3.05, 3.63) is 32.8 Å². The summed E-state index contributed by atoms with van der Waals surface area (Å²) in [6.07, 6.45) is 0.641. The molecule has 1 aromatic carbocycles. The SMILES string of the molecule is Cc1c(Br)ccc(C2OCCCO2)c1Cl. The smallest absolute Gasteiger partial charge is 0.185 e. The summed E-state index contributed by atoms with van der Waals surface area (Å²) in [5, 5.41) is 0.719. The van der Waals surface area contributed by atoms with E-state index in [9.17, 15) is 0 Å². The van der Waals surface area contributed by atoms with E-state index in [-0.39, 0.29) is 6.29 Å². The molecule has 0 N–H and O–H groups in total. The topological polar surface area (TPSA) is 18.5 Å². The molecule has 0 spiro atoms. The van der Waals surface area contributed by atoms with Crippen molar-refractivity contribution in [3.63, 3.8) is 0 Å². The van der Waals surface area contributed by atoms with Crippen LogP contribution in [-0.4, -0.2) is 13.2 Å². The van der Waals surface area contributed by atoms with Crippen LogP contribution in [0.25, 0.3) is 0 Å². The number of halogens is 2. The third-order valence-corrected chi connectivity index (χ3v) is 3.79. The first kappa shape index (κ1) is 11.4. The van der Waals surface area contributed by atoms with Crippen LogP contribution in [0.3, 0.4) is 0 Å². The van der Waals surface area contributed by atoms with Gasteiger partial charge in [0.15, 0.2) is 6.29 Å². The summed E-state index contributed by atoms with van der Waals surface area (Å²) in [7, 11) is 0. The number of hydrogen-bond donors (Lipinski definition) is 0. The third-order valence-electron chi connectivity index (χ3n) is 2.43. The van der Waals surface area contributed by atoms with E-state index >= 15 is 0 Å². The van der Waals surface area contributed by atoms with Gasteiger partial charge in [-0.3, -0.25) is 0 Å². The van der Waals surface area contributed by atoms with Gasteiger partial charge >= 0.3 is 0 Å². The fraction of sp³-hybridized carbons (Fsp3) is 0.455. The second-order valence-corrected chi connectivity index (χ2v) is 4.73. The number of rotatable bonds is 1. The Balaban J connectivity index is 2.31. The molecule has 1 aromatic rings. The lowest BCUT2D eigenvalue weighted by molar-refractivity contribution is -0.182. The molecule has 2 rings (SSSR count). The molecule has 0 saturated carbocycles. The van der Waals surface area contributed by atoms with Gasteiger partial charge in [0, 0.05) is 10.0 Å². The Morgan fingerprint density at radius 3 is 2.67 bits per heavy atom. The first-order chi connectivity index (χ1) is 7.20. The molecular weight excluding hydrogens is 279 g/mol. The highest BCUT2D eigenvalue weighted by atomic mass is 79.9. The van der Waals surface area contributed by atoms with Gasteiger partial charge in [0.2, 0.25) is 0 Å². The van der Waals surface area contributed by atoms with Crippen molar-refractivity contribution in [2.24, 2.45) is 0 Å². The molecule has 0 unspecified atom stereocenters. The Bertz CT molecular complexity index is 362. The molecule has 2 nitrogen and oxygen atoms in total. The highest BCUT2D eigenvalue weighted by Crippen LogP contribution is 2.34. The summed E-state index contributed by atoms with van der Waals surface area (Å²) in [5.74, 6) is 0. The molecule has 1 aliphatic rings. The van der Waals surface area contributed by atoms with Crippen molar-refractivity contribution < 1.29 is 9.47 Å². The van der Waals surface area contributed by atoms with E-state index in [1.165, 1.54) is 0 Å². The average Bonchev–Trinajstić information content (AvgIpc) is 2.27. The molecule has 1 saturated heterocycles. The molecule has 82 valence electrons. The van der Waals surface area contributed by atoms with E-state index in [2.05, 4.69) is 15.9 Å². The maximum Gasteiger partial charge on any atom is 0.185 e. The van der Waals surface area contributed by atoms with Crippen LogP contribution in [0.4, 0.5) is 0 Å². The molecule has 0 radical (unpaired) electrons. The van der Waals surface area contributed by atoms with Gasteiger partial charge in [-0.1, -0.05) is 33.6 Å². The van der Waals surface area contributed by atoms with Crippen LogP contribution in [0.5, 0.6) is 0 Å². The number of ether oxygens (including phenoxy) is 2. The molecule has 4 heteroatoms. The summed E-state index contributed by atoms with van der Waals surface area (Å²) < 4.78 is 12.0. The molecule has 0 amide bonds. The predicted octanol–water partition coefficient (Wildman–Crippen LogP) is 3.85. The zero-order valence-corrected chi connectivity index (χ0v) is 10.8. The molecule has 1 aliphatic heterocycles. The van der Waals surface area contributed by atoms with Gasteiger partial charge in [-0.25, -0.2) is 0 Å². The fourth-order valence-corrected chi connectivity index (χ4v) is 2.23. The Hall–Kier alpha value is -0.0900. The largest absolute Gasteiger partial charge is 0.348 e. The Morgan fingerprint density at radius 1 is 1.33 bits per heavy atom. The van der Waals surface area contributed by atoms with Crippen molar-refractivity contribution in [1.29, 1.82) is 0 Å². The van der Waals surface area contributed by atoms with Crippen LogP contribution in [0.15, 0.2) is 16.6 Å². The van der Waals surface area contributed by atoms with Gasteiger partial charge < -0.3 is 9.47 Å². The van der Waals surface area contributed by atoms with E-state index in [1.54, 1.807) is 0 Å². The lowest BCUT2D eigenvalue weighted by atomic mass is 10.1. The van der Waals surface area contributed by atoms with Crippen LogP contribution in [0.2, 0.25) is 5.02 Å². The summed E-state index contributed by atoms with van der Waals surface area (Å²) in [6, 6.07) is 3.91. The molecule has 0 aromatic heterocycles. The van der Waals surface area contributed by atoms with E-state index in [0.29, 0.717) is 0 Å². The Morgan fingerprint density at radius 2 is 2.00 bits per heavy atom. The quantitative estimate of drug-likeness (QED) is 0.782. The summed E-state index contributed by atoms with van der Waals surface area (Å²) in [4.78, 5) is 0. The summed E-state index contributed by atoms with van der Waals surface area (Å²) in [5.41, 5.74) is 1.93. The molecule has 15 heavy (non-hydrogen) atoms. The molecule has 0 aliphatic carbocycles. The second-order valence-electron chi connectivity index (χ2n) is 3.50. The van der Waals surface area contributed by atoms with Crippen molar-refractivity contribution in [2.45, 2.75) is 19.6 Å². The van der Waals surface area contributed by atoms with E-state index in [1.807, 2.05) is 19.1 Å². The first-order valence-corrected chi connectivity index (χ1v) is 6.05. The minimum Gasteiger partial charge on any atom is -0.348 e. The Kier molecular flexibility index (Phi) is 3.67. The van der Waals surface area contributed by atoms with Gasteiger partial charge in [-0.05, 0) is 25.0 Å². The van der Waals surface area contributed by atoms with Gasteiger partial charge in [0.1, 0.15) is 0 Å². The predicted molar refractivity (Wildman–Crippen MR) is 63.2 cm³/mol. The normalized spacial score (nSPS) is 18.1. The van der Waals surface area contributed by atoms with Gasteiger partial charge in [0.05, 0.1) is 18.2 Å². The summed E-state index contributed by atoms with van der Waals surface area (Å²) >= 11 is 9.68. The molecule has 1 heterocycles. The zero-order chi connectivity index (χ0) is 10.8. The highest BCUT2D eigenvalue weighted by Gasteiger charge is 2.20. The monoisotopic (exact) mass is 290 g/mol. The molecular formula is C11H12BrClO2. The van der Waals surface area contributed by atoms with Crippen molar-refractivity contribution in [2.75, 3.05) is 13.2 Å². The van der Waals surface area contributed by atoms with Gasteiger partial charge in [-0.2, -0.15) is 0 Å². The molecule has 0 bridgehead atoms. The molecule has 0 atom stereocenters. The molecule has 1 fully saturated rings. The van der Waals surface area contributed by atoms with Crippen LogP contribution >= 0.6 is 27.5 Å². The van der Waals surface area contributed by atoms with Crippen LogP contribution in [0.1, 0.15) is 23.8 Å². The standard InChI is InChI=1S/C11H12BrClO2/c1-7-9(12)4-3-8(10(7)13)11-14-5-2-6-15-11/h3-4,11H,2,5-6H2,1H3. The zero-order valence-electron chi connectivity index (χ0n) is 8.43. The van der Waals surface area contributed by atoms with Gasteiger partial charge in [0.25, 0.3) is 0 Å². The lowest BCUT2D eigenvalue weighted by Gasteiger charge is -2.24. The van der Waals surface area contributed by atoms with E-state index < -0.39 is 0 Å². The van der Waals surface area contributed by atoms with Crippen molar-refractivity contribution in [1.82, 2.24) is 0 Å². The number of benzene rings is 1. The van der Waals surface area contributed by atoms with Crippen LogP contribution < -0.4 is 0 Å². The number of hydrogen-bond acceptors (Lipinski definition) is 2. The van der Waals surface area contributed by atoms with Gasteiger partial charge in [-0.15, -0.1) is 0 Å². The Labute approximate surface area is 103 Å². The lowest BCUT2D eigenvalue weighted by Crippen LogP contribution is -2.18. The average molecular weight is 292 g/mol. The van der Waals surface area contributed by atoms with Crippen molar-refractivity contribution >= 4 is 27.5 Å². The maximum absolute atomic E-state index is 6.24. The minimum atomic E-state index is -0.307. The first-order valence-electron chi connectivity index (χ1n) is 4.88. The van der Waals surface area contributed by atoms with Crippen LogP contribution in [0, 0.1) is 6.92 Å². The van der Waals surface area contributed by atoms with Crippen molar-refractivity contribution in [3.8, 4) is 0 Å². The second kappa shape index (κ2) is 4.83. The highest BCUT2D eigenvalue weighted by molar-refractivity contribution is 9.10. The van der Waals surface area contributed by atoms with Crippen LogP contribution in [-0.2, 0) is 9.47 Å².